The molecule has 4 aliphatic heterocycles. The van der Waals surface area contributed by atoms with Crippen LogP contribution >= 0.6 is 24.4 Å². The largest absolute Gasteiger partial charge is 0.497 e. The number of ether oxygens (including phenoxy) is 2. The molecule has 4 aliphatic rings. The number of β-amino-alcohol motifs (C(OH)–C–C–N with tert-alkyl or cyclic N) is 2. The quantitative estimate of drug-likeness (QED) is 0.0804. The number of thiocarbonyl (C=S) groups is 2. The van der Waals surface area contributed by atoms with Crippen LogP contribution in [0.2, 0.25) is 0 Å². The van der Waals surface area contributed by atoms with E-state index in [1.54, 1.807) is 20.3 Å². The third-order valence-corrected chi connectivity index (χ3v) is 15.6. The van der Waals surface area contributed by atoms with E-state index in [9.17, 15) is 36.6 Å². The second kappa shape index (κ2) is 25.5. The lowest BCUT2D eigenvalue weighted by molar-refractivity contribution is -0.138. The van der Waals surface area contributed by atoms with Crippen LogP contribution in [0, 0.1) is 11.8 Å². The number of alkyl halides is 6. The maximum atomic E-state index is 13.0. The molecule has 4 N–H and O–H groups in total. The molecule has 0 saturated carbocycles. The minimum Gasteiger partial charge on any atom is -0.497 e. The molecule has 392 valence electrons. The molecular formula is C54H68F6N6O4S2. The van der Waals surface area contributed by atoms with E-state index in [0.29, 0.717) is 72.7 Å². The molecule has 2 atom stereocenters. The van der Waals surface area contributed by atoms with Crippen molar-refractivity contribution in [2.75, 3.05) is 90.3 Å². The average Bonchev–Trinajstić information content (AvgIpc) is 3.39. The highest BCUT2D eigenvalue weighted by Gasteiger charge is 2.34. The minimum atomic E-state index is -4.39. The van der Waals surface area contributed by atoms with Gasteiger partial charge < -0.3 is 49.9 Å². The summed E-state index contributed by atoms with van der Waals surface area (Å²) in [7, 11) is 3.35. The molecule has 0 amide bonds. The Kier molecular flexibility index (Phi) is 19.5. The van der Waals surface area contributed by atoms with Gasteiger partial charge in [0.1, 0.15) is 11.5 Å². The highest BCUT2D eigenvalue weighted by molar-refractivity contribution is 7.80. The summed E-state index contributed by atoms with van der Waals surface area (Å²) in [5, 5.41) is 28.7. The molecular weight excluding hydrogens is 975 g/mol. The van der Waals surface area contributed by atoms with Crippen molar-refractivity contribution in [1.29, 1.82) is 0 Å². The van der Waals surface area contributed by atoms with Crippen molar-refractivity contribution in [1.82, 2.24) is 19.6 Å². The Bertz CT molecular complexity index is 2310. The predicted octanol–water partition coefficient (Wildman–Crippen LogP) is 10.7. The van der Waals surface area contributed by atoms with Crippen LogP contribution in [0.4, 0.5) is 37.7 Å². The number of hydrogen-bond acceptors (Lipinski definition) is 8. The Morgan fingerprint density at radius 3 is 1.29 bits per heavy atom. The summed E-state index contributed by atoms with van der Waals surface area (Å²) in [5.74, 6) is 3.24. The van der Waals surface area contributed by atoms with Crippen LogP contribution in [0.25, 0.3) is 0 Å². The average molecular weight is 1040 g/mol. The fraction of sp³-hybridized carbons (Fsp3) is 0.519. The van der Waals surface area contributed by atoms with Gasteiger partial charge in [-0.15, -0.1) is 0 Å². The highest BCUT2D eigenvalue weighted by Crippen LogP contribution is 2.35. The summed E-state index contributed by atoms with van der Waals surface area (Å²) in [6, 6.07) is 26.6. The van der Waals surface area contributed by atoms with Gasteiger partial charge in [-0.2, -0.15) is 26.3 Å². The van der Waals surface area contributed by atoms with Gasteiger partial charge in [0.25, 0.3) is 0 Å². The van der Waals surface area contributed by atoms with Crippen LogP contribution in [0.1, 0.15) is 85.5 Å². The Morgan fingerprint density at radius 1 is 0.528 bits per heavy atom. The SMILES string of the molecule is COc1ccc(C2CCN(CC(O)C3CCN(C(=S)Nc4ccc(C(F)(F)F)cc4)CC3)CC2)cc1.COc1ccc(C2CCN(CC(O)C3CCN(C(=S)Nc4cccc(C(F)(F)F)c4)CC3)CC2)cc1. The molecule has 10 nitrogen and oxygen atoms in total. The van der Waals surface area contributed by atoms with E-state index in [-0.39, 0.29) is 17.9 Å². The first-order valence-corrected chi connectivity index (χ1v) is 25.8. The van der Waals surface area contributed by atoms with Crippen LogP contribution in [-0.4, -0.2) is 132 Å². The number of aliphatic hydroxyl groups excluding tert-OH is 2. The van der Waals surface area contributed by atoms with Gasteiger partial charge in [-0.1, -0.05) is 30.3 Å². The molecule has 4 aromatic rings. The van der Waals surface area contributed by atoms with E-state index in [4.69, 9.17) is 33.9 Å². The standard InChI is InChI=1S/2C27H34F3N3O2S/c1-35-24-8-2-19(3-9-24)20-10-14-32(15-11-20)18-25(34)21-12-16-33(17-13-21)26(36)31-23-6-4-22(5-7-23)27(28,29)30;1-35-24-7-5-19(6-8-24)20-9-13-32(14-10-20)18-25(34)21-11-15-33(16-12-21)26(36)31-23-4-2-3-22(17-23)27(28,29)30/h2-9,20-21,25,34H,10-18H2,1H3,(H,31,36);2-8,17,20-21,25,34H,9-16,18H2,1H3,(H,31,36). The van der Waals surface area contributed by atoms with Crippen LogP contribution < -0.4 is 20.1 Å². The Hall–Kier alpha value is -4.72. The molecule has 4 fully saturated rings. The number of methoxy groups -OCH3 is 2. The topological polar surface area (TPSA) is 95.9 Å². The normalized spacial score (nSPS) is 19.2. The first-order chi connectivity index (χ1) is 34.4. The molecule has 18 heteroatoms. The predicted molar refractivity (Wildman–Crippen MR) is 279 cm³/mol. The van der Waals surface area contributed by atoms with Gasteiger partial charge in [-0.25, -0.2) is 0 Å². The van der Waals surface area contributed by atoms with Crippen molar-refractivity contribution in [2.24, 2.45) is 11.8 Å². The molecule has 0 radical (unpaired) electrons. The minimum absolute atomic E-state index is 0.192. The lowest BCUT2D eigenvalue weighted by atomic mass is 9.88. The van der Waals surface area contributed by atoms with E-state index in [1.807, 2.05) is 34.1 Å². The maximum absolute atomic E-state index is 13.0. The third kappa shape index (κ3) is 15.7. The van der Waals surface area contributed by atoms with Gasteiger partial charge in [-0.05, 0) is 204 Å². The van der Waals surface area contributed by atoms with Crippen molar-refractivity contribution in [3.05, 3.63) is 119 Å². The Labute approximate surface area is 430 Å². The number of hydrogen-bond donors (Lipinski definition) is 4. The fourth-order valence-electron chi connectivity index (χ4n) is 10.4. The van der Waals surface area contributed by atoms with Gasteiger partial charge in [0.05, 0.1) is 37.6 Å². The van der Waals surface area contributed by atoms with E-state index >= 15 is 0 Å². The molecule has 0 aromatic heterocycles. The van der Waals surface area contributed by atoms with Crippen molar-refractivity contribution >= 4 is 46.0 Å². The van der Waals surface area contributed by atoms with E-state index in [2.05, 4.69) is 44.7 Å². The fourth-order valence-corrected chi connectivity index (χ4v) is 11.0. The number of anilines is 2. The molecule has 4 saturated heterocycles. The number of nitrogens with one attached hydrogen (secondary N) is 2. The second-order valence-corrected chi connectivity index (χ2v) is 20.3. The molecule has 0 bridgehead atoms. The summed E-state index contributed by atoms with van der Waals surface area (Å²) < 4.78 is 87.7. The van der Waals surface area contributed by atoms with Crippen LogP contribution in [0.3, 0.4) is 0 Å². The van der Waals surface area contributed by atoms with E-state index < -0.39 is 29.6 Å². The molecule has 0 spiro atoms. The molecule has 0 aliphatic carbocycles. The molecule has 8 rings (SSSR count). The summed E-state index contributed by atoms with van der Waals surface area (Å²) >= 11 is 10.9. The van der Waals surface area contributed by atoms with Crippen molar-refractivity contribution in [3.63, 3.8) is 0 Å². The van der Waals surface area contributed by atoms with Gasteiger partial charge in [0.2, 0.25) is 0 Å². The number of nitrogens with zero attached hydrogens (tertiary/aromatic N) is 4. The number of likely N-dealkylation sites (tertiary alicyclic amines) is 4. The summed E-state index contributed by atoms with van der Waals surface area (Å²) in [4.78, 5) is 8.72. The smallest absolute Gasteiger partial charge is 0.416 e. The van der Waals surface area contributed by atoms with Crippen molar-refractivity contribution in [3.8, 4) is 11.5 Å². The summed E-state index contributed by atoms with van der Waals surface area (Å²) in [6.07, 6.45) is -1.93. The van der Waals surface area contributed by atoms with Crippen molar-refractivity contribution in [2.45, 2.75) is 87.8 Å². The van der Waals surface area contributed by atoms with Crippen LogP contribution in [0.5, 0.6) is 11.5 Å². The van der Waals surface area contributed by atoms with Crippen LogP contribution in [0.15, 0.2) is 97.1 Å². The number of piperidine rings is 4. The lowest BCUT2D eigenvalue weighted by Crippen LogP contribution is -2.46. The number of rotatable bonds is 12. The molecule has 72 heavy (non-hydrogen) atoms. The number of benzene rings is 4. The second-order valence-electron chi connectivity index (χ2n) is 19.5. The van der Waals surface area contributed by atoms with Gasteiger partial charge >= 0.3 is 12.4 Å². The molecule has 4 aromatic carbocycles. The van der Waals surface area contributed by atoms with Crippen LogP contribution in [-0.2, 0) is 12.4 Å². The zero-order chi connectivity index (χ0) is 51.4. The van der Waals surface area contributed by atoms with Gasteiger partial charge in [0, 0.05) is 50.6 Å². The first-order valence-electron chi connectivity index (χ1n) is 25.0. The number of aliphatic hydroxyl groups is 2. The Morgan fingerprint density at radius 2 is 0.917 bits per heavy atom. The monoisotopic (exact) mass is 1040 g/mol. The third-order valence-electron chi connectivity index (χ3n) is 14.9. The Balaban J connectivity index is 0.000000211. The summed E-state index contributed by atoms with van der Waals surface area (Å²) in [6.45, 7) is 8.04. The molecule has 4 heterocycles. The van der Waals surface area contributed by atoms with Gasteiger partial charge in [0.15, 0.2) is 10.2 Å². The first kappa shape index (κ1) is 55.0. The lowest BCUT2D eigenvalue weighted by Gasteiger charge is -2.38. The van der Waals surface area contributed by atoms with Crippen molar-refractivity contribution < 1.29 is 46.0 Å². The molecule has 2 unspecified atom stereocenters. The summed E-state index contributed by atoms with van der Waals surface area (Å²) in [5.41, 5.74) is 2.18. The van der Waals surface area contributed by atoms with Gasteiger partial charge in [-0.3, -0.25) is 0 Å². The zero-order valence-electron chi connectivity index (χ0n) is 41.0. The van der Waals surface area contributed by atoms with E-state index in [0.717, 1.165) is 113 Å². The zero-order valence-corrected chi connectivity index (χ0v) is 42.6. The highest BCUT2D eigenvalue weighted by atomic mass is 32.1. The maximum Gasteiger partial charge on any atom is 0.416 e. The number of halogens is 6. The van der Waals surface area contributed by atoms with E-state index in [1.165, 1.54) is 29.3 Å².